The first-order valence-corrected chi connectivity index (χ1v) is 8.19. The smallest absolute Gasteiger partial charge is 0.303 e. The van der Waals surface area contributed by atoms with E-state index >= 15 is 0 Å². The molecule has 6 nitrogen and oxygen atoms in total. The number of aromatic nitrogens is 1. The van der Waals surface area contributed by atoms with Crippen LogP contribution in [0.3, 0.4) is 0 Å². The van der Waals surface area contributed by atoms with Crippen molar-refractivity contribution < 1.29 is 14.7 Å². The van der Waals surface area contributed by atoms with Gasteiger partial charge in [-0.25, -0.2) is 0 Å². The summed E-state index contributed by atoms with van der Waals surface area (Å²) in [6, 6.07) is 9.99. The molecule has 0 aliphatic carbocycles. The van der Waals surface area contributed by atoms with Gasteiger partial charge in [-0.3, -0.25) is 14.4 Å². The number of benzene rings is 1. The second-order valence-corrected chi connectivity index (χ2v) is 6.40. The van der Waals surface area contributed by atoms with Gasteiger partial charge in [0.1, 0.15) is 0 Å². The van der Waals surface area contributed by atoms with Gasteiger partial charge in [0.15, 0.2) is 0 Å². The number of anilines is 1. The summed E-state index contributed by atoms with van der Waals surface area (Å²) >= 11 is 0. The first-order chi connectivity index (χ1) is 11.8. The number of aryl methyl sites for hydroxylation is 1. The van der Waals surface area contributed by atoms with E-state index in [1.165, 1.54) is 6.07 Å². The number of aromatic amines is 1. The Morgan fingerprint density at radius 1 is 1.20 bits per heavy atom. The van der Waals surface area contributed by atoms with Gasteiger partial charge in [-0.1, -0.05) is 26.0 Å². The summed E-state index contributed by atoms with van der Waals surface area (Å²) in [6.07, 6.45) is 1.10. The quantitative estimate of drug-likeness (QED) is 0.720. The normalized spacial score (nSPS) is 10.7. The molecule has 0 unspecified atom stereocenters. The van der Waals surface area contributed by atoms with E-state index in [1.54, 1.807) is 24.3 Å². The Labute approximate surface area is 145 Å². The van der Waals surface area contributed by atoms with Crippen molar-refractivity contribution in [3.63, 3.8) is 0 Å². The van der Waals surface area contributed by atoms with Crippen LogP contribution in [0.15, 0.2) is 41.2 Å². The molecule has 0 fully saturated rings. The molecule has 132 valence electrons. The molecule has 0 saturated heterocycles. The molecule has 0 atom stereocenters. The number of carbonyl (C=O) groups excluding carboxylic acids is 1. The second kappa shape index (κ2) is 8.28. The lowest BCUT2D eigenvalue weighted by Crippen LogP contribution is -2.18. The topological polar surface area (TPSA) is 99.3 Å². The number of hydrogen-bond acceptors (Lipinski definition) is 3. The van der Waals surface area contributed by atoms with Crippen molar-refractivity contribution in [2.24, 2.45) is 5.92 Å². The molecule has 1 aromatic carbocycles. The Balaban J connectivity index is 2.14. The summed E-state index contributed by atoms with van der Waals surface area (Å²) < 4.78 is 0. The summed E-state index contributed by atoms with van der Waals surface area (Å²) in [6.45, 7) is 4.07. The number of nitrogens with one attached hydrogen (secondary N) is 2. The first kappa shape index (κ1) is 18.4. The van der Waals surface area contributed by atoms with Crippen LogP contribution in [0.1, 0.15) is 41.9 Å². The number of hydrogen-bond donors (Lipinski definition) is 3. The Morgan fingerprint density at radius 3 is 2.64 bits per heavy atom. The third-order valence-corrected chi connectivity index (χ3v) is 3.60. The van der Waals surface area contributed by atoms with Crippen molar-refractivity contribution in [2.75, 3.05) is 5.32 Å². The van der Waals surface area contributed by atoms with Crippen LogP contribution in [0.4, 0.5) is 5.69 Å². The van der Waals surface area contributed by atoms with Gasteiger partial charge in [-0.05, 0) is 42.5 Å². The fourth-order valence-electron chi connectivity index (χ4n) is 2.54. The number of aliphatic carboxylic acids is 1. The van der Waals surface area contributed by atoms with Gasteiger partial charge in [0.2, 0.25) is 5.56 Å². The fraction of sp³-hybridized carbons (Fsp3) is 0.316. The number of pyridine rings is 1. The average molecular weight is 342 g/mol. The highest BCUT2D eigenvalue weighted by molar-refractivity contribution is 6.04. The average Bonchev–Trinajstić information content (AvgIpc) is 2.52. The van der Waals surface area contributed by atoms with Crippen LogP contribution in [-0.2, 0) is 17.6 Å². The van der Waals surface area contributed by atoms with Gasteiger partial charge in [-0.15, -0.1) is 0 Å². The molecular formula is C19H22N2O4. The molecule has 0 bridgehead atoms. The Bertz CT molecular complexity index is 824. The molecule has 1 aromatic heterocycles. The summed E-state index contributed by atoms with van der Waals surface area (Å²) in [4.78, 5) is 37.6. The predicted octanol–water partition coefficient (Wildman–Crippen LogP) is 2.84. The third kappa shape index (κ3) is 5.91. The van der Waals surface area contributed by atoms with Crippen molar-refractivity contribution in [1.29, 1.82) is 0 Å². The molecular weight excluding hydrogens is 320 g/mol. The number of carboxylic acid groups (broad SMARTS) is 1. The van der Waals surface area contributed by atoms with Gasteiger partial charge < -0.3 is 15.4 Å². The molecule has 6 heteroatoms. The van der Waals surface area contributed by atoms with Crippen LogP contribution < -0.4 is 10.9 Å². The minimum atomic E-state index is -0.865. The van der Waals surface area contributed by atoms with Gasteiger partial charge in [-0.2, -0.15) is 0 Å². The molecule has 2 rings (SSSR count). The van der Waals surface area contributed by atoms with Crippen LogP contribution >= 0.6 is 0 Å². The van der Waals surface area contributed by atoms with Crippen molar-refractivity contribution >= 4 is 17.6 Å². The van der Waals surface area contributed by atoms with Gasteiger partial charge >= 0.3 is 5.97 Å². The van der Waals surface area contributed by atoms with Crippen molar-refractivity contribution in [2.45, 2.75) is 33.1 Å². The molecule has 1 amide bonds. The van der Waals surface area contributed by atoms with Crippen molar-refractivity contribution in [3.8, 4) is 0 Å². The Kier molecular flexibility index (Phi) is 6.11. The number of rotatable bonds is 7. The lowest BCUT2D eigenvalue weighted by Gasteiger charge is -2.09. The van der Waals surface area contributed by atoms with Crippen LogP contribution in [0.25, 0.3) is 0 Å². The van der Waals surface area contributed by atoms with Crippen molar-refractivity contribution in [3.05, 3.63) is 63.6 Å². The van der Waals surface area contributed by atoms with Crippen LogP contribution in [0, 0.1) is 5.92 Å². The third-order valence-electron chi connectivity index (χ3n) is 3.60. The highest BCUT2D eigenvalue weighted by Gasteiger charge is 2.10. The number of H-pyrrole nitrogens is 1. The standard InChI is InChI=1S/C19H22N2O4/c1-12(2)8-16-10-14(11-17(22)20-16)19(25)21-15-5-3-4-13(9-15)6-7-18(23)24/h3-5,9-12H,6-8H2,1-2H3,(H,20,22)(H,21,25)(H,23,24). The summed E-state index contributed by atoms with van der Waals surface area (Å²) in [5.74, 6) is -0.873. The van der Waals surface area contributed by atoms with Gasteiger partial charge in [0.05, 0.1) is 0 Å². The predicted molar refractivity (Wildman–Crippen MR) is 96.0 cm³/mol. The van der Waals surface area contributed by atoms with E-state index in [4.69, 9.17) is 5.11 Å². The maximum absolute atomic E-state index is 12.4. The van der Waals surface area contributed by atoms with Crippen LogP contribution in [0.2, 0.25) is 0 Å². The summed E-state index contributed by atoms with van der Waals surface area (Å²) in [7, 11) is 0. The zero-order chi connectivity index (χ0) is 18.4. The minimum absolute atomic E-state index is 0.0318. The zero-order valence-corrected chi connectivity index (χ0v) is 14.3. The number of amides is 1. The lowest BCUT2D eigenvalue weighted by atomic mass is 10.1. The monoisotopic (exact) mass is 342 g/mol. The van der Waals surface area contributed by atoms with E-state index in [1.807, 2.05) is 19.9 Å². The largest absolute Gasteiger partial charge is 0.481 e. The van der Waals surface area contributed by atoms with E-state index in [9.17, 15) is 14.4 Å². The number of carbonyl (C=O) groups is 2. The molecule has 0 spiro atoms. The maximum atomic E-state index is 12.4. The second-order valence-electron chi connectivity index (χ2n) is 6.40. The highest BCUT2D eigenvalue weighted by atomic mass is 16.4. The van der Waals surface area contributed by atoms with E-state index < -0.39 is 5.97 Å². The molecule has 0 radical (unpaired) electrons. The molecule has 0 aliphatic heterocycles. The summed E-state index contributed by atoms with van der Waals surface area (Å²) in [5.41, 5.74) is 2.11. The van der Waals surface area contributed by atoms with Crippen LogP contribution in [0.5, 0.6) is 0 Å². The molecule has 0 saturated carbocycles. The van der Waals surface area contributed by atoms with E-state index in [-0.39, 0.29) is 17.9 Å². The van der Waals surface area contributed by atoms with Gasteiger partial charge in [0.25, 0.3) is 5.91 Å². The SMILES string of the molecule is CC(C)Cc1cc(C(=O)Nc2cccc(CCC(=O)O)c2)cc(=O)[nH]1. The Morgan fingerprint density at radius 2 is 1.96 bits per heavy atom. The molecule has 25 heavy (non-hydrogen) atoms. The van der Waals surface area contributed by atoms with Crippen molar-refractivity contribution in [1.82, 2.24) is 4.98 Å². The lowest BCUT2D eigenvalue weighted by molar-refractivity contribution is -0.136. The number of carboxylic acids is 1. The minimum Gasteiger partial charge on any atom is -0.481 e. The van der Waals surface area contributed by atoms with Gasteiger partial charge in [0, 0.05) is 29.4 Å². The first-order valence-electron chi connectivity index (χ1n) is 8.19. The zero-order valence-electron chi connectivity index (χ0n) is 14.3. The van der Waals surface area contributed by atoms with E-state index in [0.717, 1.165) is 11.3 Å². The maximum Gasteiger partial charge on any atom is 0.303 e. The summed E-state index contributed by atoms with van der Waals surface area (Å²) in [5, 5.41) is 11.5. The highest BCUT2D eigenvalue weighted by Crippen LogP contribution is 2.14. The van der Waals surface area contributed by atoms with Crippen LogP contribution in [-0.4, -0.2) is 22.0 Å². The fourth-order valence-corrected chi connectivity index (χ4v) is 2.54. The molecule has 0 aliphatic rings. The molecule has 2 aromatic rings. The molecule has 3 N–H and O–H groups in total. The van der Waals surface area contributed by atoms with E-state index in [0.29, 0.717) is 30.0 Å². The Hall–Kier alpha value is -2.89. The van der Waals surface area contributed by atoms with E-state index in [2.05, 4.69) is 10.3 Å². The molecule has 1 heterocycles.